The Morgan fingerprint density at radius 1 is 1.25 bits per heavy atom. The third kappa shape index (κ3) is 4.93. The van der Waals surface area contributed by atoms with E-state index in [2.05, 4.69) is 5.32 Å². The fourth-order valence-electron chi connectivity index (χ4n) is 1.27. The summed E-state index contributed by atoms with van der Waals surface area (Å²) in [6.07, 6.45) is -2.22. The summed E-state index contributed by atoms with van der Waals surface area (Å²) in [5, 5.41) is 12.6. The van der Waals surface area contributed by atoms with Gasteiger partial charge in [-0.2, -0.15) is 0 Å². The van der Waals surface area contributed by atoms with Crippen LogP contribution in [0.3, 0.4) is 0 Å². The van der Waals surface area contributed by atoms with E-state index in [1.54, 1.807) is 20.8 Å². The molecular formula is C12H14ClFN2O4. The molecule has 0 spiro atoms. The number of hydrogen-bond donors (Lipinski definition) is 3. The van der Waals surface area contributed by atoms with Crippen LogP contribution in [0.2, 0.25) is 5.02 Å². The van der Waals surface area contributed by atoms with Crippen molar-refractivity contribution in [1.82, 2.24) is 0 Å². The lowest BCUT2D eigenvalue weighted by atomic mass is 10.2. The highest BCUT2D eigenvalue weighted by Crippen LogP contribution is 2.29. The van der Waals surface area contributed by atoms with Crippen molar-refractivity contribution in [2.45, 2.75) is 26.4 Å². The fourth-order valence-corrected chi connectivity index (χ4v) is 1.48. The zero-order valence-corrected chi connectivity index (χ0v) is 11.8. The Hall–Kier alpha value is -2.02. The number of rotatable bonds is 2. The van der Waals surface area contributed by atoms with E-state index >= 15 is 0 Å². The van der Waals surface area contributed by atoms with Crippen molar-refractivity contribution >= 4 is 35.2 Å². The van der Waals surface area contributed by atoms with Crippen LogP contribution in [-0.2, 0) is 4.74 Å². The molecule has 1 aromatic carbocycles. The van der Waals surface area contributed by atoms with E-state index in [1.165, 1.54) is 0 Å². The lowest BCUT2D eigenvalue weighted by Crippen LogP contribution is -2.27. The van der Waals surface area contributed by atoms with Gasteiger partial charge in [-0.3, -0.25) is 10.6 Å². The number of hydrogen-bond acceptors (Lipinski definition) is 3. The third-order valence-corrected chi connectivity index (χ3v) is 2.25. The van der Waals surface area contributed by atoms with E-state index in [1.807, 2.05) is 5.32 Å². The molecule has 0 radical (unpaired) electrons. The SMILES string of the molecule is CC(C)(C)OC(=O)Nc1cc(F)c(NC(=O)O)cc1Cl. The van der Waals surface area contributed by atoms with E-state index in [0.29, 0.717) is 0 Å². The molecule has 1 aromatic rings. The molecule has 0 saturated carbocycles. The van der Waals surface area contributed by atoms with Gasteiger partial charge >= 0.3 is 12.2 Å². The van der Waals surface area contributed by atoms with E-state index in [9.17, 15) is 14.0 Å². The molecule has 20 heavy (non-hydrogen) atoms. The van der Waals surface area contributed by atoms with Gasteiger partial charge in [0, 0.05) is 6.07 Å². The van der Waals surface area contributed by atoms with Gasteiger partial charge in [0.05, 0.1) is 16.4 Å². The van der Waals surface area contributed by atoms with Gasteiger partial charge in [0.25, 0.3) is 0 Å². The Morgan fingerprint density at radius 2 is 1.85 bits per heavy atom. The van der Waals surface area contributed by atoms with Crippen LogP contribution in [0, 0.1) is 5.82 Å². The molecule has 110 valence electrons. The third-order valence-electron chi connectivity index (χ3n) is 1.93. The standard InChI is InChI=1S/C12H14ClFN2O4/c1-12(2,3)20-11(19)16-8-5-7(14)9(4-6(8)13)15-10(17)18/h4-5,15H,1-3H3,(H,16,19)(H,17,18). The van der Waals surface area contributed by atoms with Gasteiger partial charge in [0.15, 0.2) is 0 Å². The maximum absolute atomic E-state index is 13.6. The molecule has 0 aliphatic carbocycles. The van der Waals surface area contributed by atoms with Crippen molar-refractivity contribution < 1.29 is 23.8 Å². The summed E-state index contributed by atoms with van der Waals surface area (Å²) in [5.74, 6) is -0.872. The van der Waals surface area contributed by atoms with Gasteiger partial charge in [0.2, 0.25) is 0 Å². The van der Waals surface area contributed by atoms with Crippen molar-refractivity contribution in [3.63, 3.8) is 0 Å². The molecule has 0 saturated heterocycles. The Bertz CT molecular complexity index is 543. The molecule has 0 bridgehead atoms. The Morgan fingerprint density at radius 3 is 2.35 bits per heavy atom. The number of amides is 2. The number of halogens is 2. The molecule has 6 nitrogen and oxygen atoms in total. The largest absolute Gasteiger partial charge is 0.465 e. The Balaban J connectivity index is 2.90. The normalized spacial score (nSPS) is 10.8. The molecule has 0 fully saturated rings. The highest BCUT2D eigenvalue weighted by atomic mass is 35.5. The number of carbonyl (C=O) groups is 2. The minimum atomic E-state index is -1.42. The summed E-state index contributed by atoms with van der Waals surface area (Å²) < 4.78 is 18.6. The lowest BCUT2D eigenvalue weighted by Gasteiger charge is -2.20. The van der Waals surface area contributed by atoms with E-state index in [4.69, 9.17) is 21.4 Å². The summed E-state index contributed by atoms with van der Waals surface area (Å²) in [7, 11) is 0. The molecule has 2 amide bonds. The van der Waals surface area contributed by atoms with Crippen LogP contribution < -0.4 is 10.6 Å². The predicted octanol–water partition coefficient (Wildman–Crippen LogP) is 3.92. The first-order chi connectivity index (χ1) is 9.08. The Labute approximate surface area is 119 Å². The van der Waals surface area contributed by atoms with Crippen LogP contribution in [0.5, 0.6) is 0 Å². The van der Waals surface area contributed by atoms with Crippen LogP contribution in [0.1, 0.15) is 20.8 Å². The van der Waals surface area contributed by atoms with Crippen molar-refractivity contribution in [3.8, 4) is 0 Å². The maximum atomic E-state index is 13.6. The van der Waals surface area contributed by atoms with Gasteiger partial charge in [-0.1, -0.05) is 11.6 Å². The highest BCUT2D eigenvalue weighted by Gasteiger charge is 2.18. The van der Waals surface area contributed by atoms with E-state index in [-0.39, 0.29) is 16.4 Å². The summed E-state index contributed by atoms with van der Waals surface area (Å²) in [5.41, 5.74) is -1.04. The first-order valence-electron chi connectivity index (χ1n) is 5.57. The Kier molecular flexibility index (Phi) is 4.78. The number of benzene rings is 1. The number of ether oxygens (including phenoxy) is 1. The second kappa shape index (κ2) is 5.96. The van der Waals surface area contributed by atoms with Crippen LogP contribution in [0.15, 0.2) is 12.1 Å². The van der Waals surface area contributed by atoms with E-state index in [0.717, 1.165) is 12.1 Å². The van der Waals surface area contributed by atoms with Gasteiger partial charge in [-0.05, 0) is 26.8 Å². The number of anilines is 2. The number of carbonyl (C=O) groups excluding carboxylic acids is 1. The van der Waals surface area contributed by atoms with Crippen molar-refractivity contribution in [3.05, 3.63) is 23.0 Å². The monoisotopic (exact) mass is 304 g/mol. The molecule has 0 atom stereocenters. The molecule has 0 aromatic heterocycles. The lowest BCUT2D eigenvalue weighted by molar-refractivity contribution is 0.0636. The summed E-state index contributed by atoms with van der Waals surface area (Å²) >= 11 is 5.83. The van der Waals surface area contributed by atoms with Crippen LogP contribution in [0.25, 0.3) is 0 Å². The average molecular weight is 305 g/mol. The first-order valence-corrected chi connectivity index (χ1v) is 5.95. The van der Waals surface area contributed by atoms with Crippen LogP contribution in [-0.4, -0.2) is 22.9 Å². The molecule has 8 heteroatoms. The second-order valence-corrected chi connectivity index (χ2v) is 5.28. The maximum Gasteiger partial charge on any atom is 0.412 e. The van der Waals surface area contributed by atoms with Crippen molar-refractivity contribution in [1.29, 1.82) is 0 Å². The number of carboxylic acid groups (broad SMARTS) is 1. The topological polar surface area (TPSA) is 87.7 Å². The zero-order valence-electron chi connectivity index (χ0n) is 11.1. The molecular weight excluding hydrogens is 291 g/mol. The summed E-state index contributed by atoms with van der Waals surface area (Å²) in [6, 6.07) is 1.95. The molecule has 0 aliphatic heterocycles. The average Bonchev–Trinajstić information content (AvgIpc) is 2.21. The first kappa shape index (κ1) is 16.0. The molecule has 0 aliphatic rings. The van der Waals surface area contributed by atoms with Crippen molar-refractivity contribution in [2.75, 3.05) is 10.6 Å². The molecule has 3 N–H and O–H groups in total. The minimum Gasteiger partial charge on any atom is -0.465 e. The second-order valence-electron chi connectivity index (χ2n) is 4.87. The zero-order chi connectivity index (χ0) is 15.5. The van der Waals surface area contributed by atoms with Crippen molar-refractivity contribution in [2.24, 2.45) is 0 Å². The van der Waals surface area contributed by atoms with Gasteiger partial charge in [-0.15, -0.1) is 0 Å². The van der Waals surface area contributed by atoms with Gasteiger partial charge in [-0.25, -0.2) is 14.0 Å². The minimum absolute atomic E-state index is 0.0191. The quantitative estimate of drug-likeness (QED) is 0.773. The van der Waals surface area contributed by atoms with Gasteiger partial charge in [0.1, 0.15) is 11.4 Å². The summed E-state index contributed by atoms with van der Waals surface area (Å²) in [6.45, 7) is 5.03. The highest BCUT2D eigenvalue weighted by molar-refractivity contribution is 6.34. The molecule has 1 rings (SSSR count). The van der Waals surface area contributed by atoms with Crippen LogP contribution >= 0.6 is 11.6 Å². The summed E-state index contributed by atoms with van der Waals surface area (Å²) in [4.78, 5) is 22.0. The van der Waals surface area contributed by atoms with E-state index < -0.39 is 23.6 Å². The number of nitrogens with one attached hydrogen (secondary N) is 2. The fraction of sp³-hybridized carbons (Fsp3) is 0.333. The predicted molar refractivity (Wildman–Crippen MR) is 72.9 cm³/mol. The van der Waals surface area contributed by atoms with Crippen LogP contribution in [0.4, 0.5) is 25.4 Å². The van der Waals surface area contributed by atoms with Gasteiger partial charge < -0.3 is 9.84 Å². The smallest absolute Gasteiger partial charge is 0.412 e. The molecule has 0 unspecified atom stereocenters. The molecule has 0 heterocycles.